The van der Waals surface area contributed by atoms with Crippen LogP contribution in [0.25, 0.3) is 0 Å². The molecule has 1 aromatic rings. The molecule has 0 unspecified atom stereocenters. The molecule has 164 valence electrons. The van der Waals surface area contributed by atoms with Gasteiger partial charge in [-0.25, -0.2) is 12.4 Å². The third kappa shape index (κ3) is 10.1. The maximum absolute atomic E-state index is 6.22. The highest BCUT2D eigenvalue weighted by molar-refractivity contribution is 8.14. The molecule has 0 saturated heterocycles. The summed E-state index contributed by atoms with van der Waals surface area (Å²) in [5, 5.41) is 1.52. The number of rotatable bonds is 10. The van der Waals surface area contributed by atoms with Gasteiger partial charge >= 0.3 is 0 Å². The summed E-state index contributed by atoms with van der Waals surface area (Å²) < 4.78 is 3.96. The summed E-state index contributed by atoms with van der Waals surface area (Å²) in [6.07, 6.45) is 0. The van der Waals surface area contributed by atoms with E-state index in [1.165, 1.54) is 0 Å². The van der Waals surface area contributed by atoms with Gasteiger partial charge in [0.1, 0.15) is 0 Å². The molecule has 0 aliphatic carbocycles. The van der Waals surface area contributed by atoms with Gasteiger partial charge in [-0.1, -0.05) is 79.8 Å². The van der Waals surface area contributed by atoms with E-state index in [0.29, 0.717) is 42.6 Å². The molecule has 1 rings (SSSR count). The van der Waals surface area contributed by atoms with E-state index in [1.54, 1.807) is 47.8 Å². The lowest BCUT2D eigenvalue weighted by molar-refractivity contribution is 0.948. The minimum atomic E-state index is 0.0859. The van der Waals surface area contributed by atoms with Crippen molar-refractivity contribution in [2.45, 2.75) is 76.4 Å². The Labute approximate surface area is 208 Å². The first-order chi connectivity index (χ1) is 13.4. The van der Waals surface area contributed by atoms with Crippen molar-refractivity contribution in [2.75, 3.05) is 0 Å². The lowest BCUT2D eigenvalue weighted by atomic mass is 10.5. The number of aromatic nitrogens is 3. The lowest BCUT2D eigenvalue weighted by Crippen LogP contribution is -2.27. The second-order valence-corrected chi connectivity index (χ2v) is 14.6. The molecule has 0 atom stereocenters. The van der Waals surface area contributed by atoms with Gasteiger partial charge in [-0.15, -0.1) is 0 Å². The lowest BCUT2D eigenvalue weighted by Gasteiger charge is -2.26. The Morgan fingerprint density at radius 3 is 1.17 bits per heavy atom. The second kappa shape index (κ2) is 13.1. The van der Waals surface area contributed by atoms with Crippen LogP contribution in [-0.4, -0.2) is 53.3 Å². The summed E-state index contributed by atoms with van der Waals surface area (Å²) in [4.78, 5) is 14.1. The quantitative estimate of drug-likeness (QED) is 0.240. The van der Waals surface area contributed by atoms with Crippen LogP contribution in [0.5, 0.6) is 0 Å². The zero-order valence-corrected chi connectivity index (χ0v) is 23.5. The fraction of sp³-hybridized carbons (Fsp3) is 0.706. The van der Waals surface area contributed by atoms with Crippen molar-refractivity contribution in [1.82, 2.24) is 22.4 Å². The molecule has 0 aliphatic rings. The third-order valence-corrected chi connectivity index (χ3v) is 8.13. The Balaban J connectivity index is 3.23. The zero-order chi connectivity index (χ0) is 22.3. The molecule has 0 aromatic carbocycles. The van der Waals surface area contributed by atoms with Gasteiger partial charge in [0.2, 0.25) is 5.28 Å². The van der Waals surface area contributed by atoms with E-state index in [0.717, 1.165) is 0 Å². The van der Waals surface area contributed by atoms with Crippen LogP contribution in [0.3, 0.4) is 0 Å². The highest BCUT2D eigenvalue weighted by atomic mass is 35.5. The van der Waals surface area contributed by atoms with Crippen LogP contribution in [0.4, 0.5) is 0 Å². The third-order valence-electron chi connectivity index (χ3n) is 2.55. The summed E-state index contributed by atoms with van der Waals surface area (Å²) in [7, 11) is 0. The van der Waals surface area contributed by atoms with E-state index in [4.69, 9.17) is 36.0 Å². The van der Waals surface area contributed by atoms with E-state index in [2.05, 4.69) is 70.3 Å². The molecule has 29 heavy (non-hydrogen) atoms. The minimum Gasteiger partial charge on any atom is -0.244 e. The van der Waals surface area contributed by atoms with Crippen molar-refractivity contribution < 1.29 is 0 Å². The van der Waals surface area contributed by atoms with Gasteiger partial charge in [0.05, 0.1) is 0 Å². The summed E-state index contributed by atoms with van der Waals surface area (Å²) in [5.74, 6) is 0.727. The van der Waals surface area contributed by atoms with Gasteiger partial charge in [0, 0.05) is 21.0 Å². The number of thiocarbonyl (C=S) groups is 2. The van der Waals surface area contributed by atoms with Gasteiger partial charge in [-0.3, -0.25) is 0 Å². The van der Waals surface area contributed by atoms with Gasteiger partial charge < -0.3 is 0 Å². The topological polar surface area (TPSA) is 45.2 Å². The molecular formula is C17H28ClN5S6. The minimum absolute atomic E-state index is 0.0859. The molecule has 1 heterocycles. The predicted octanol–water partition coefficient (Wildman–Crippen LogP) is 6.71. The SMILES string of the molecule is CC(C)SN(SC(C)C)C(=S)c1nc(Cl)nc(C(=S)N(SC(C)C)SC(C)C)n1. The number of nitrogens with zero attached hydrogens (tertiary/aromatic N) is 5. The fourth-order valence-corrected chi connectivity index (χ4v) is 7.28. The van der Waals surface area contributed by atoms with E-state index in [9.17, 15) is 0 Å². The first-order valence-electron chi connectivity index (χ1n) is 9.18. The summed E-state index contributed by atoms with van der Waals surface area (Å²) in [5.41, 5.74) is 0. The van der Waals surface area contributed by atoms with E-state index >= 15 is 0 Å². The Hall–Kier alpha value is 0.480. The Bertz CT molecular complexity index is 627. The average molecular weight is 530 g/mol. The number of hydrogen-bond donors (Lipinski definition) is 0. The van der Waals surface area contributed by atoms with Crippen LogP contribution >= 0.6 is 83.8 Å². The molecule has 0 saturated carbocycles. The smallest absolute Gasteiger partial charge is 0.226 e. The molecule has 0 aliphatic heterocycles. The monoisotopic (exact) mass is 529 g/mol. The van der Waals surface area contributed by atoms with E-state index in [1.807, 2.05) is 7.42 Å². The van der Waals surface area contributed by atoms with Crippen LogP contribution in [0.1, 0.15) is 67.0 Å². The zero-order valence-electron chi connectivity index (χ0n) is 17.9. The van der Waals surface area contributed by atoms with Crippen molar-refractivity contribution in [3.8, 4) is 0 Å². The van der Waals surface area contributed by atoms with Gasteiger partial charge in [-0.2, -0.15) is 9.97 Å². The van der Waals surface area contributed by atoms with Crippen LogP contribution in [0.2, 0.25) is 5.28 Å². The van der Waals surface area contributed by atoms with Crippen molar-refractivity contribution in [3.63, 3.8) is 0 Å². The Kier molecular flexibility index (Phi) is 12.5. The van der Waals surface area contributed by atoms with Crippen LogP contribution in [0.15, 0.2) is 0 Å². The fourth-order valence-electron chi connectivity index (χ4n) is 1.71. The van der Waals surface area contributed by atoms with Gasteiger partial charge in [0.15, 0.2) is 21.6 Å². The molecular weight excluding hydrogens is 502 g/mol. The summed E-state index contributed by atoms with van der Waals surface area (Å²) in [6, 6.07) is 0. The Morgan fingerprint density at radius 1 is 0.655 bits per heavy atom. The molecule has 5 nitrogen and oxygen atoms in total. The van der Waals surface area contributed by atoms with Crippen molar-refractivity contribution in [1.29, 1.82) is 0 Å². The molecule has 0 fully saturated rings. The average Bonchev–Trinajstić information content (AvgIpc) is 2.57. The normalized spacial score (nSPS) is 11.6. The highest BCUT2D eigenvalue weighted by Gasteiger charge is 2.24. The molecule has 0 amide bonds. The maximum atomic E-state index is 6.22. The van der Waals surface area contributed by atoms with Crippen molar-refractivity contribution in [2.24, 2.45) is 0 Å². The predicted molar refractivity (Wildman–Crippen MR) is 143 cm³/mol. The van der Waals surface area contributed by atoms with Crippen molar-refractivity contribution >= 4 is 93.8 Å². The van der Waals surface area contributed by atoms with Gasteiger partial charge in [-0.05, 0) is 59.4 Å². The Morgan fingerprint density at radius 2 is 0.931 bits per heavy atom. The molecule has 1 aromatic heterocycles. The van der Waals surface area contributed by atoms with Crippen LogP contribution in [0, 0.1) is 0 Å². The summed E-state index contributed by atoms with van der Waals surface area (Å²) >= 11 is 24.2. The first-order valence-corrected chi connectivity index (χ1v) is 13.7. The highest BCUT2D eigenvalue weighted by Crippen LogP contribution is 2.32. The standard InChI is InChI=1S/C17H28ClN5S6/c1-9(2)26-22(27-10(3)4)15(24)13-19-14(21-17(18)20-13)16(25)23(28-11(5)6)29-12(7)8/h9-12H,1-8H3. The van der Waals surface area contributed by atoms with Crippen LogP contribution in [-0.2, 0) is 0 Å². The first kappa shape index (κ1) is 27.5. The van der Waals surface area contributed by atoms with E-state index < -0.39 is 0 Å². The molecule has 0 radical (unpaired) electrons. The largest absolute Gasteiger partial charge is 0.244 e. The molecule has 0 bridgehead atoms. The number of halogens is 1. The number of hydrogen-bond acceptors (Lipinski definition) is 9. The molecule has 12 heteroatoms. The molecule has 0 spiro atoms. The molecule has 0 N–H and O–H groups in total. The maximum Gasteiger partial charge on any atom is 0.226 e. The summed E-state index contributed by atoms with van der Waals surface area (Å²) in [6.45, 7) is 16.9. The second-order valence-electron chi connectivity index (χ2n) is 6.99. The van der Waals surface area contributed by atoms with Crippen molar-refractivity contribution in [3.05, 3.63) is 16.9 Å². The van der Waals surface area contributed by atoms with E-state index in [-0.39, 0.29) is 5.28 Å². The van der Waals surface area contributed by atoms with Crippen LogP contribution < -0.4 is 0 Å². The van der Waals surface area contributed by atoms with Gasteiger partial charge in [0.25, 0.3) is 0 Å².